The third kappa shape index (κ3) is 4.25. The fraction of sp³-hybridized carbons (Fsp3) is 0.571. The predicted molar refractivity (Wildman–Crippen MR) is 75.8 cm³/mol. The first-order chi connectivity index (χ1) is 8.38. The van der Waals surface area contributed by atoms with Crippen LogP contribution < -0.4 is 5.32 Å². The van der Waals surface area contributed by atoms with Crippen molar-refractivity contribution in [2.75, 3.05) is 23.4 Å². The molecule has 1 aliphatic rings. The van der Waals surface area contributed by atoms with Gasteiger partial charge in [0.15, 0.2) is 0 Å². The van der Waals surface area contributed by atoms with Gasteiger partial charge in [-0.15, -0.1) is 0 Å². The third-order valence-corrected chi connectivity index (χ3v) is 4.30. The van der Waals surface area contributed by atoms with Crippen LogP contribution in [-0.4, -0.2) is 29.3 Å². The number of benzene rings is 1. The van der Waals surface area contributed by atoms with Crippen LogP contribution in [0.25, 0.3) is 0 Å². The van der Waals surface area contributed by atoms with E-state index in [-0.39, 0.29) is 6.61 Å². The standard InChI is InChI=1S/C14H21NOS/c16-8-2-5-12-4-1-6-13(10-12)15-14-7-3-9-17-11-14/h1,4,6,10,14-16H,2-3,5,7-9,11H2/t14-/m1/s1. The van der Waals surface area contributed by atoms with E-state index >= 15 is 0 Å². The van der Waals surface area contributed by atoms with Crippen LogP contribution >= 0.6 is 11.8 Å². The molecule has 1 aliphatic heterocycles. The number of aryl methyl sites for hydroxylation is 1. The van der Waals surface area contributed by atoms with Crippen molar-refractivity contribution in [3.63, 3.8) is 0 Å². The predicted octanol–water partition coefficient (Wildman–Crippen LogP) is 2.92. The van der Waals surface area contributed by atoms with E-state index in [1.165, 1.54) is 35.6 Å². The smallest absolute Gasteiger partial charge is 0.0434 e. The molecule has 0 bridgehead atoms. The second-order valence-corrected chi connectivity index (χ2v) is 5.74. The molecule has 1 atom stereocenters. The van der Waals surface area contributed by atoms with Crippen LogP contribution in [0.3, 0.4) is 0 Å². The molecule has 94 valence electrons. The van der Waals surface area contributed by atoms with Gasteiger partial charge < -0.3 is 10.4 Å². The lowest BCUT2D eigenvalue weighted by Crippen LogP contribution is -2.25. The molecular formula is C14H21NOS. The van der Waals surface area contributed by atoms with Gasteiger partial charge in [0.1, 0.15) is 0 Å². The second-order valence-electron chi connectivity index (χ2n) is 4.59. The first-order valence-electron chi connectivity index (χ1n) is 6.42. The molecule has 0 unspecified atom stereocenters. The van der Waals surface area contributed by atoms with Gasteiger partial charge >= 0.3 is 0 Å². The van der Waals surface area contributed by atoms with Crippen molar-refractivity contribution in [2.24, 2.45) is 0 Å². The van der Waals surface area contributed by atoms with Crippen molar-refractivity contribution in [2.45, 2.75) is 31.7 Å². The fourth-order valence-corrected chi connectivity index (χ4v) is 3.26. The Balaban J connectivity index is 1.90. The largest absolute Gasteiger partial charge is 0.396 e. The van der Waals surface area contributed by atoms with Crippen LogP contribution in [0.2, 0.25) is 0 Å². The normalized spacial score (nSPS) is 20.2. The first kappa shape index (κ1) is 12.8. The van der Waals surface area contributed by atoms with Crippen molar-refractivity contribution in [1.29, 1.82) is 0 Å². The average molecular weight is 251 g/mol. The molecule has 1 aromatic rings. The maximum absolute atomic E-state index is 8.84. The van der Waals surface area contributed by atoms with Gasteiger partial charge in [-0.25, -0.2) is 0 Å². The second kappa shape index (κ2) is 6.92. The summed E-state index contributed by atoms with van der Waals surface area (Å²) in [7, 11) is 0. The van der Waals surface area contributed by atoms with Gasteiger partial charge in [-0.1, -0.05) is 12.1 Å². The Morgan fingerprint density at radius 3 is 3.12 bits per heavy atom. The number of aliphatic hydroxyl groups is 1. The molecule has 0 amide bonds. The molecule has 0 aromatic heterocycles. The Kier molecular flexibility index (Phi) is 5.20. The summed E-state index contributed by atoms with van der Waals surface area (Å²) in [6, 6.07) is 9.22. The van der Waals surface area contributed by atoms with Gasteiger partial charge in [0.05, 0.1) is 0 Å². The zero-order valence-electron chi connectivity index (χ0n) is 10.2. The topological polar surface area (TPSA) is 32.3 Å². The maximum atomic E-state index is 8.84. The summed E-state index contributed by atoms with van der Waals surface area (Å²) in [6.07, 6.45) is 4.43. The molecule has 0 saturated carbocycles. The summed E-state index contributed by atoms with van der Waals surface area (Å²) < 4.78 is 0. The monoisotopic (exact) mass is 251 g/mol. The van der Waals surface area contributed by atoms with Crippen molar-refractivity contribution in [1.82, 2.24) is 0 Å². The molecule has 0 aliphatic carbocycles. The Morgan fingerprint density at radius 2 is 2.35 bits per heavy atom. The SMILES string of the molecule is OCCCc1cccc(N[C@@H]2CCCSC2)c1. The Labute approximate surface area is 108 Å². The summed E-state index contributed by atoms with van der Waals surface area (Å²) in [5, 5.41) is 12.5. The third-order valence-electron chi connectivity index (χ3n) is 3.08. The van der Waals surface area contributed by atoms with E-state index in [1.807, 2.05) is 11.8 Å². The zero-order valence-corrected chi connectivity index (χ0v) is 11.0. The van der Waals surface area contributed by atoms with E-state index in [0.29, 0.717) is 6.04 Å². The van der Waals surface area contributed by atoms with E-state index in [1.54, 1.807) is 0 Å². The van der Waals surface area contributed by atoms with Gasteiger partial charge in [-0.05, 0) is 49.1 Å². The minimum Gasteiger partial charge on any atom is -0.396 e. The zero-order chi connectivity index (χ0) is 11.9. The summed E-state index contributed by atoms with van der Waals surface area (Å²) in [6.45, 7) is 0.275. The lowest BCUT2D eigenvalue weighted by molar-refractivity contribution is 0.288. The van der Waals surface area contributed by atoms with Crippen LogP contribution in [0.4, 0.5) is 5.69 Å². The van der Waals surface area contributed by atoms with Crippen molar-refractivity contribution in [3.8, 4) is 0 Å². The van der Waals surface area contributed by atoms with Gasteiger partial charge in [0.25, 0.3) is 0 Å². The fourth-order valence-electron chi connectivity index (χ4n) is 2.19. The lowest BCUT2D eigenvalue weighted by atomic mass is 10.1. The Morgan fingerprint density at radius 1 is 1.41 bits per heavy atom. The molecule has 0 radical (unpaired) electrons. The quantitative estimate of drug-likeness (QED) is 0.844. The average Bonchev–Trinajstić information content (AvgIpc) is 2.38. The minimum absolute atomic E-state index is 0.275. The molecule has 2 nitrogen and oxygen atoms in total. The van der Waals surface area contributed by atoms with Crippen LogP contribution in [0.1, 0.15) is 24.8 Å². The lowest BCUT2D eigenvalue weighted by Gasteiger charge is -2.23. The van der Waals surface area contributed by atoms with Gasteiger partial charge in [0, 0.05) is 24.1 Å². The Hall–Kier alpha value is -0.670. The number of thioether (sulfide) groups is 1. The number of aliphatic hydroxyl groups excluding tert-OH is 1. The highest BCUT2D eigenvalue weighted by Crippen LogP contribution is 2.21. The first-order valence-corrected chi connectivity index (χ1v) is 7.58. The number of hydrogen-bond acceptors (Lipinski definition) is 3. The van der Waals surface area contributed by atoms with Crippen LogP contribution in [-0.2, 0) is 6.42 Å². The highest BCUT2D eigenvalue weighted by Gasteiger charge is 2.13. The molecule has 2 rings (SSSR count). The van der Waals surface area contributed by atoms with E-state index in [2.05, 4.69) is 29.6 Å². The molecule has 2 N–H and O–H groups in total. The summed E-state index contributed by atoms with van der Waals surface area (Å²) in [5.74, 6) is 2.54. The van der Waals surface area contributed by atoms with Crippen LogP contribution in [0.5, 0.6) is 0 Å². The number of nitrogens with one attached hydrogen (secondary N) is 1. The summed E-state index contributed by atoms with van der Waals surface area (Å²) in [4.78, 5) is 0. The molecule has 1 saturated heterocycles. The number of hydrogen-bond donors (Lipinski definition) is 2. The van der Waals surface area contributed by atoms with E-state index in [9.17, 15) is 0 Å². The molecular weight excluding hydrogens is 230 g/mol. The van der Waals surface area contributed by atoms with Gasteiger partial charge in [0.2, 0.25) is 0 Å². The minimum atomic E-state index is 0.275. The van der Waals surface area contributed by atoms with Gasteiger partial charge in [-0.2, -0.15) is 11.8 Å². The molecule has 0 spiro atoms. The number of rotatable bonds is 5. The van der Waals surface area contributed by atoms with E-state index < -0.39 is 0 Å². The highest BCUT2D eigenvalue weighted by atomic mass is 32.2. The molecule has 1 heterocycles. The molecule has 17 heavy (non-hydrogen) atoms. The Bertz CT molecular complexity index is 337. The summed E-state index contributed by atoms with van der Waals surface area (Å²) in [5.41, 5.74) is 2.54. The van der Waals surface area contributed by atoms with Crippen molar-refractivity contribution >= 4 is 17.4 Å². The van der Waals surface area contributed by atoms with E-state index in [0.717, 1.165) is 12.8 Å². The molecule has 3 heteroatoms. The van der Waals surface area contributed by atoms with Gasteiger partial charge in [-0.3, -0.25) is 0 Å². The van der Waals surface area contributed by atoms with Crippen LogP contribution in [0, 0.1) is 0 Å². The van der Waals surface area contributed by atoms with Crippen molar-refractivity contribution in [3.05, 3.63) is 29.8 Å². The van der Waals surface area contributed by atoms with Crippen LogP contribution in [0.15, 0.2) is 24.3 Å². The molecule has 1 aromatic carbocycles. The highest BCUT2D eigenvalue weighted by molar-refractivity contribution is 7.99. The van der Waals surface area contributed by atoms with Crippen molar-refractivity contribution < 1.29 is 5.11 Å². The number of anilines is 1. The van der Waals surface area contributed by atoms with E-state index in [4.69, 9.17) is 5.11 Å². The summed E-state index contributed by atoms with van der Waals surface area (Å²) >= 11 is 2.04. The maximum Gasteiger partial charge on any atom is 0.0434 e. The molecule has 1 fully saturated rings.